The summed E-state index contributed by atoms with van der Waals surface area (Å²) < 4.78 is 11.3. The van der Waals surface area contributed by atoms with Crippen molar-refractivity contribution in [1.29, 1.82) is 11.1 Å². The number of rotatable bonds is 7. The summed E-state index contributed by atoms with van der Waals surface area (Å²) >= 11 is 0. The monoisotopic (exact) mass is 521 g/mol. The van der Waals surface area contributed by atoms with Crippen molar-refractivity contribution in [1.82, 2.24) is 4.90 Å². The second-order valence-electron chi connectivity index (χ2n) is 11.0. The van der Waals surface area contributed by atoms with Gasteiger partial charge in [-0.3, -0.25) is 9.89 Å². The van der Waals surface area contributed by atoms with E-state index >= 15 is 0 Å². The second kappa shape index (κ2) is 15.0. The van der Waals surface area contributed by atoms with Crippen LogP contribution in [0.15, 0.2) is 53.5 Å². The fourth-order valence-corrected chi connectivity index (χ4v) is 5.65. The molecule has 2 aromatic rings. The highest BCUT2D eigenvalue weighted by atomic mass is 16.5. The zero-order chi connectivity index (χ0) is 27.4. The van der Waals surface area contributed by atoms with Crippen LogP contribution >= 0.6 is 0 Å². The van der Waals surface area contributed by atoms with E-state index in [1.54, 1.807) is 7.11 Å². The van der Waals surface area contributed by atoms with E-state index in [9.17, 15) is 0 Å². The molecule has 208 valence electrons. The molecule has 7 nitrogen and oxygen atoms in total. The van der Waals surface area contributed by atoms with Crippen molar-refractivity contribution in [3.63, 3.8) is 0 Å². The minimum Gasteiger partial charge on any atom is -0.496 e. The Balaban J connectivity index is 0.000000504. The predicted molar refractivity (Wildman–Crippen MR) is 154 cm³/mol. The minimum atomic E-state index is -0.0226. The van der Waals surface area contributed by atoms with Gasteiger partial charge in [-0.15, -0.1) is 0 Å². The summed E-state index contributed by atoms with van der Waals surface area (Å²) in [5, 5.41) is 0. The fourth-order valence-electron chi connectivity index (χ4n) is 5.65. The number of nitrogens with one attached hydrogen (secondary N) is 2. The molecule has 0 radical (unpaired) electrons. The van der Waals surface area contributed by atoms with Crippen molar-refractivity contribution in [2.75, 3.05) is 40.0 Å². The highest BCUT2D eigenvalue weighted by Gasteiger charge is 2.40. The molecule has 0 bridgehead atoms. The maximum Gasteiger partial charge on any atom is 0.122 e. The third-order valence-electron chi connectivity index (χ3n) is 8.46. The van der Waals surface area contributed by atoms with E-state index in [0.29, 0.717) is 17.8 Å². The Bertz CT molecular complexity index is 993. The molecule has 1 aliphatic carbocycles. The summed E-state index contributed by atoms with van der Waals surface area (Å²) in [6.07, 6.45) is 8.85. The highest BCUT2D eigenvalue weighted by Crippen LogP contribution is 2.41. The summed E-state index contributed by atoms with van der Waals surface area (Å²) in [7, 11) is 1.73. The lowest BCUT2D eigenvalue weighted by Crippen LogP contribution is -2.46. The first-order valence-corrected chi connectivity index (χ1v) is 14.1. The molecule has 2 aromatic carbocycles. The van der Waals surface area contributed by atoms with Crippen molar-refractivity contribution in [3.8, 4) is 5.75 Å². The zero-order valence-corrected chi connectivity index (χ0v) is 23.5. The van der Waals surface area contributed by atoms with Gasteiger partial charge in [0.15, 0.2) is 0 Å². The van der Waals surface area contributed by atoms with Crippen molar-refractivity contribution in [2.24, 2.45) is 22.1 Å². The van der Waals surface area contributed by atoms with Crippen molar-refractivity contribution in [3.05, 3.63) is 65.2 Å². The first-order valence-electron chi connectivity index (χ1n) is 14.1. The number of benzene rings is 2. The van der Waals surface area contributed by atoms with Gasteiger partial charge in [-0.25, -0.2) is 11.1 Å². The highest BCUT2D eigenvalue weighted by molar-refractivity contribution is 5.87. The molecule has 7 heteroatoms. The van der Waals surface area contributed by atoms with Gasteiger partial charge < -0.3 is 15.2 Å². The maximum absolute atomic E-state index is 6.69. The largest absolute Gasteiger partial charge is 0.496 e. The van der Waals surface area contributed by atoms with Crippen LogP contribution in [0.1, 0.15) is 68.2 Å². The smallest absolute Gasteiger partial charge is 0.122 e. The lowest BCUT2D eigenvalue weighted by Gasteiger charge is -2.42. The molecule has 3 fully saturated rings. The molecule has 1 unspecified atom stereocenters. The van der Waals surface area contributed by atoms with Gasteiger partial charge in [-0.1, -0.05) is 68.7 Å². The molecular weight excluding hydrogens is 474 g/mol. The Morgan fingerprint density at radius 3 is 2.34 bits per heavy atom. The molecule has 0 amide bonds. The summed E-state index contributed by atoms with van der Waals surface area (Å²) in [4.78, 5) is 7.35. The lowest BCUT2D eigenvalue weighted by atomic mass is 9.77. The normalized spacial score (nSPS) is 19.9. The standard InChI is InChI=1S/C26H35N3O2.C5H10.H2N2/c1-20-22(9-6-10-23(20)30-2)24(25(27)28-15-11-21-7-4-3-5-8-21)29-16-12-26(13-17-29)14-18-31-19-26;1-5-3-2-4-5;1-2/h3-10,24H,11-19H2,1-2H3,(H2,27,28);5H,2-4H2,1H3;1-2H. The minimum absolute atomic E-state index is 0.0226. The number of amidine groups is 1. The number of aliphatic imine (C=N–C) groups is 1. The molecule has 2 saturated heterocycles. The SMILES string of the molecule is CC1CCC1.COc1cccc(C(C(N)=NCCc2ccccc2)N2CCC3(CCOC3)CC2)c1C.N=N. The van der Waals surface area contributed by atoms with Gasteiger partial charge in [0.05, 0.1) is 19.8 Å². The van der Waals surface area contributed by atoms with Crippen LogP contribution in [0.4, 0.5) is 0 Å². The number of hydrogen-bond donors (Lipinski definition) is 3. The third-order valence-corrected chi connectivity index (χ3v) is 8.46. The van der Waals surface area contributed by atoms with Crippen LogP contribution in [0.5, 0.6) is 5.75 Å². The van der Waals surface area contributed by atoms with Gasteiger partial charge in [0, 0.05) is 13.2 Å². The summed E-state index contributed by atoms with van der Waals surface area (Å²) in [6, 6.07) is 16.7. The number of methoxy groups -OCH3 is 1. The Kier molecular flexibility index (Phi) is 11.7. The quantitative estimate of drug-likeness (QED) is 0.218. The predicted octanol–water partition coefficient (Wildman–Crippen LogP) is 6.55. The molecule has 1 saturated carbocycles. The Hall–Kier alpha value is -2.77. The van der Waals surface area contributed by atoms with Crippen LogP contribution < -0.4 is 10.5 Å². The molecule has 3 aliphatic rings. The molecule has 2 heterocycles. The van der Waals surface area contributed by atoms with Gasteiger partial charge in [0.25, 0.3) is 0 Å². The average Bonchev–Trinajstić information content (AvgIpc) is 3.39. The van der Waals surface area contributed by atoms with Crippen LogP contribution in [-0.2, 0) is 11.2 Å². The molecule has 38 heavy (non-hydrogen) atoms. The van der Waals surface area contributed by atoms with Gasteiger partial charge >= 0.3 is 0 Å². The van der Waals surface area contributed by atoms with Crippen molar-refractivity contribution >= 4 is 5.84 Å². The first kappa shape index (κ1) is 29.8. The number of piperidine rings is 1. The van der Waals surface area contributed by atoms with E-state index in [2.05, 4.69) is 55.1 Å². The molecule has 0 aromatic heterocycles. The second-order valence-corrected chi connectivity index (χ2v) is 11.0. The maximum atomic E-state index is 6.69. The molecular formula is C31H47N5O2. The Labute approximate surface area is 229 Å². The van der Waals surface area contributed by atoms with Gasteiger partial charge in [-0.2, -0.15) is 0 Å². The number of ether oxygens (including phenoxy) is 2. The van der Waals surface area contributed by atoms with E-state index in [1.165, 1.54) is 36.8 Å². The number of nitrogens with zero attached hydrogens (tertiary/aromatic N) is 2. The molecule has 4 N–H and O–H groups in total. The summed E-state index contributed by atoms with van der Waals surface area (Å²) in [5.41, 5.74) is 20.7. The van der Waals surface area contributed by atoms with Gasteiger partial charge in [0.1, 0.15) is 11.6 Å². The van der Waals surface area contributed by atoms with Crippen LogP contribution in [0.2, 0.25) is 0 Å². The molecule has 1 atom stereocenters. The topological polar surface area (TPSA) is 108 Å². The van der Waals surface area contributed by atoms with E-state index in [4.69, 9.17) is 31.3 Å². The number of nitrogens with two attached hydrogens (primary N) is 1. The van der Waals surface area contributed by atoms with Crippen LogP contribution in [0, 0.1) is 29.3 Å². The van der Waals surface area contributed by atoms with E-state index in [-0.39, 0.29) is 6.04 Å². The van der Waals surface area contributed by atoms with Crippen LogP contribution in [0.25, 0.3) is 0 Å². The lowest BCUT2D eigenvalue weighted by molar-refractivity contribution is 0.0713. The van der Waals surface area contributed by atoms with Crippen LogP contribution in [-0.4, -0.2) is 50.7 Å². The van der Waals surface area contributed by atoms with Crippen molar-refractivity contribution in [2.45, 2.75) is 64.8 Å². The van der Waals surface area contributed by atoms with Crippen molar-refractivity contribution < 1.29 is 9.47 Å². The van der Waals surface area contributed by atoms with Gasteiger partial charge in [-0.05, 0) is 79.8 Å². The zero-order valence-electron chi connectivity index (χ0n) is 23.5. The first-order chi connectivity index (χ1) is 18.5. The van der Waals surface area contributed by atoms with Crippen LogP contribution in [0.3, 0.4) is 0 Å². The molecule has 1 spiro atoms. The number of hydrogen-bond acceptors (Lipinski definition) is 6. The third kappa shape index (κ3) is 7.87. The Morgan fingerprint density at radius 2 is 1.79 bits per heavy atom. The molecule has 2 aliphatic heterocycles. The number of likely N-dealkylation sites (tertiary alicyclic amines) is 1. The summed E-state index contributed by atoms with van der Waals surface area (Å²) in [5.74, 6) is 2.66. The molecule has 5 rings (SSSR count). The summed E-state index contributed by atoms with van der Waals surface area (Å²) in [6.45, 7) is 8.96. The Morgan fingerprint density at radius 1 is 1.11 bits per heavy atom. The average molecular weight is 522 g/mol. The van der Waals surface area contributed by atoms with E-state index in [0.717, 1.165) is 62.8 Å². The van der Waals surface area contributed by atoms with E-state index < -0.39 is 0 Å². The van der Waals surface area contributed by atoms with E-state index in [1.807, 2.05) is 12.1 Å². The fraction of sp³-hybridized carbons (Fsp3) is 0.581. The van der Waals surface area contributed by atoms with Gasteiger partial charge in [0.2, 0.25) is 0 Å².